The van der Waals surface area contributed by atoms with Crippen LogP contribution in [-0.2, 0) is 11.3 Å². The SMILES string of the molecule is O=C(CCNCc1ccccn1)Nc1ccc2c(c1)OCCO2. The molecule has 2 aromatic rings. The van der Waals surface area contributed by atoms with Crippen molar-refractivity contribution in [2.45, 2.75) is 13.0 Å². The molecule has 1 aromatic heterocycles. The van der Waals surface area contributed by atoms with Crippen LogP contribution in [0.4, 0.5) is 5.69 Å². The summed E-state index contributed by atoms with van der Waals surface area (Å²) in [5.41, 5.74) is 1.67. The van der Waals surface area contributed by atoms with E-state index in [0.29, 0.717) is 49.9 Å². The monoisotopic (exact) mass is 313 g/mol. The molecule has 1 aliphatic heterocycles. The molecular weight excluding hydrogens is 294 g/mol. The fourth-order valence-corrected chi connectivity index (χ4v) is 2.27. The van der Waals surface area contributed by atoms with Crippen LogP contribution < -0.4 is 20.1 Å². The standard InChI is InChI=1S/C17H19N3O3/c21-17(6-8-18-12-14-3-1-2-7-19-14)20-13-4-5-15-16(11-13)23-10-9-22-15/h1-5,7,11,18H,6,8-10,12H2,(H,20,21). The first-order valence-corrected chi connectivity index (χ1v) is 7.61. The zero-order valence-electron chi connectivity index (χ0n) is 12.7. The van der Waals surface area contributed by atoms with E-state index in [2.05, 4.69) is 15.6 Å². The number of nitrogens with one attached hydrogen (secondary N) is 2. The highest BCUT2D eigenvalue weighted by atomic mass is 16.6. The van der Waals surface area contributed by atoms with Gasteiger partial charge in [0.05, 0.1) is 5.69 Å². The number of nitrogens with zero attached hydrogens (tertiary/aromatic N) is 1. The number of aromatic nitrogens is 1. The summed E-state index contributed by atoms with van der Waals surface area (Å²) >= 11 is 0. The number of rotatable bonds is 6. The molecule has 2 N–H and O–H groups in total. The molecule has 0 bridgehead atoms. The molecule has 23 heavy (non-hydrogen) atoms. The molecule has 1 amide bonds. The Kier molecular flexibility index (Phi) is 5.06. The van der Waals surface area contributed by atoms with Gasteiger partial charge in [0.2, 0.25) is 5.91 Å². The van der Waals surface area contributed by atoms with E-state index in [1.807, 2.05) is 30.3 Å². The van der Waals surface area contributed by atoms with Gasteiger partial charge in [-0.05, 0) is 24.3 Å². The highest BCUT2D eigenvalue weighted by Crippen LogP contribution is 2.32. The lowest BCUT2D eigenvalue weighted by Gasteiger charge is -2.19. The Morgan fingerprint density at radius 1 is 1.13 bits per heavy atom. The first-order valence-electron chi connectivity index (χ1n) is 7.61. The predicted octanol–water partition coefficient (Wildman–Crippen LogP) is 1.97. The van der Waals surface area contributed by atoms with Gasteiger partial charge in [-0.25, -0.2) is 0 Å². The molecule has 0 saturated heterocycles. The Labute approximate surface area is 134 Å². The van der Waals surface area contributed by atoms with Gasteiger partial charge in [-0.15, -0.1) is 0 Å². The van der Waals surface area contributed by atoms with Crippen LogP contribution in [0.1, 0.15) is 12.1 Å². The van der Waals surface area contributed by atoms with Gasteiger partial charge in [-0.2, -0.15) is 0 Å². The molecule has 1 aliphatic rings. The molecular formula is C17H19N3O3. The topological polar surface area (TPSA) is 72.5 Å². The fraction of sp³-hybridized carbons (Fsp3) is 0.294. The summed E-state index contributed by atoms with van der Waals surface area (Å²) in [5, 5.41) is 6.06. The van der Waals surface area contributed by atoms with E-state index >= 15 is 0 Å². The number of carbonyl (C=O) groups excluding carboxylic acids is 1. The van der Waals surface area contributed by atoms with Crippen molar-refractivity contribution in [3.05, 3.63) is 48.3 Å². The van der Waals surface area contributed by atoms with Gasteiger partial charge >= 0.3 is 0 Å². The highest BCUT2D eigenvalue weighted by Gasteiger charge is 2.12. The predicted molar refractivity (Wildman–Crippen MR) is 86.6 cm³/mol. The first-order chi connectivity index (χ1) is 11.3. The van der Waals surface area contributed by atoms with Gasteiger partial charge in [-0.1, -0.05) is 6.07 Å². The normalized spacial score (nSPS) is 12.7. The third-order valence-corrected chi connectivity index (χ3v) is 3.39. The third kappa shape index (κ3) is 4.43. The van der Waals surface area contributed by atoms with Crippen LogP contribution in [0.3, 0.4) is 0 Å². The molecule has 6 nitrogen and oxygen atoms in total. The van der Waals surface area contributed by atoms with Crippen molar-refractivity contribution >= 4 is 11.6 Å². The summed E-state index contributed by atoms with van der Waals surface area (Å²) in [5.74, 6) is 1.34. The van der Waals surface area contributed by atoms with Gasteiger partial charge in [0.25, 0.3) is 0 Å². The van der Waals surface area contributed by atoms with Crippen LogP contribution >= 0.6 is 0 Å². The van der Waals surface area contributed by atoms with Crippen LogP contribution in [0, 0.1) is 0 Å². The van der Waals surface area contributed by atoms with Crippen molar-refractivity contribution in [1.82, 2.24) is 10.3 Å². The number of benzene rings is 1. The summed E-state index contributed by atoms with van der Waals surface area (Å²) in [6.07, 6.45) is 2.15. The summed E-state index contributed by atoms with van der Waals surface area (Å²) in [4.78, 5) is 16.2. The van der Waals surface area contributed by atoms with Crippen molar-refractivity contribution in [2.75, 3.05) is 25.1 Å². The molecule has 0 spiro atoms. The molecule has 120 valence electrons. The minimum Gasteiger partial charge on any atom is -0.486 e. The lowest BCUT2D eigenvalue weighted by Crippen LogP contribution is -2.22. The average Bonchev–Trinajstić information content (AvgIpc) is 2.59. The maximum atomic E-state index is 12.0. The Morgan fingerprint density at radius 2 is 2.00 bits per heavy atom. The molecule has 0 unspecified atom stereocenters. The summed E-state index contributed by atoms with van der Waals surface area (Å²) in [7, 11) is 0. The van der Waals surface area contributed by atoms with E-state index in [4.69, 9.17) is 9.47 Å². The van der Waals surface area contributed by atoms with E-state index < -0.39 is 0 Å². The molecule has 6 heteroatoms. The summed E-state index contributed by atoms with van der Waals surface area (Å²) < 4.78 is 10.9. The number of ether oxygens (including phenoxy) is 2. The van der Waals surface area contributed by atoms with Crippen molar-refractivity contribution in [1.29, 1.82) is 0 Å². The minimum atomic E-state index is -0.0461. The van der Waals surface area contributed by atoms with Gasteiger partial charge in [0.1, 0.15) is 13.2 Å². The molecule has 0 atom stereocenters. The zero-order chi connectivity index (χ0) is 15.9. The second kappa shape index (κ2) is 7.60. The smallest absolute Gasteiger partial charge is 0.225 e. The number of hydrogen-bond donors (Lipinski definition) is 2. The van der Waals surface area contributed by atoms with E-state index in [1.165, 1.54) is 0 Å². The second-order valence-electron chi connectivity index (χ2n) is 5.15. The quantitative estimate of drug-likeness (QED) is 0.798. The summed E-state index contributed by atoms with van der Waals surface area (Å²) in [6, 6.07) is 11.2. The zero-order valence-corrected chi connectivity index (χ0v) is 12.7. The molecule has 0 radical (unpaired) electrons. The highest BCUT2D eigenvalue weighted by molar-refractivity contribution is 5.91. The summed E-state index contributed by atoms with van der Waals surface area (Å²) in [6.45, 7) is 2.33. The molecule has 0 saturated carbocycles. The fourth-order valence-electron chi connectivity index (χ4n) is 2.27. The maximum Gasteiger partial charge on any atom is 0.225 e. The van der Waals surface area contributed by atoms with Gasteiger partial charge in [-0.3, -0.25) is 9.78 Å². The van der Waals surface area contributed by atoms with Crippen molar-refractivity contribution in [3.63, 3.8) is 0 Å². The van der Waals surface area contributed by atoms with E-state index in [1.54, 1.807) is 12.3 Å². The van der Waals surface area contributed by atoms with E-state index in [0.717, 1.165) is 5.69 Å². The Balaban J connectivity index is 1.42. The largest absolute Gasteiger partial charge is 0.486 e. The molecule has 1 aromatic carbocycles. The third-order valence-electron chi connectivity index (χ3n) is 3.39. The number of anilines is 1. The van der Waals surface area contributed by atoms with Crippen LogP contribution in [0.25, 0.3) is 0 Å². The van der Waals surface area contributed by atoms with Crippen LogP contribution in [0.2, 0.25) is 0 Å². The van der Waals surface area contributed by atoms with Gasteiger partial charge < -0.3 is 20.1 Å². The molecule has 2 heterocycles. The number of hydrogen-bond acceptors (Lipinski definition) is 5. The number of amides is 1. The first kappa shape index (κ1) is 15.3. The second-order valence-corrected chi connectivity index (χ2v) is 5.15. The molecule has 0 aliphatic carbocycles. The van der Waals surface area contributed by atoms with E-state index in [9.17, 15) is 4.79 Å². The van der Waals surface area contributed by atoms with Crippen LogP contribution in [-0.4, -0.2) is 30.6 Å². The molecule has 0 fully saturated rings. The van der Waals surface area contributed by atoms with Gasteiger partial charge in [0.15, 0.2) is 11.5 Å². The molecule has 3 rings (SSSR count). The Hall–Kier alpha value is -2.60. The Morgan fingerprint density at radius 3 is 2.83 bits per heavy atom. The lowest BCUT2D eigenvalue weighted by molar-refractivity contribution is -0.116. The number of carbonyl (C=O) groups is 1. The number of fused-ring (bicyclic) bond motifs is 1. The number of pyridine rings is 1. The van der Waals surface area contributed by atoms with E-state index in [-0.39, 0.29) is 5.91 Å². The van der Waals surface area contributed by atoms with Crippen LogP contribution in [0.5, 0.6) is 11.5 Å². The maximum absolute atomic E-state index is 12.0. The van der Waals surface area contributed by atoms with Crippen LogP contribution in [0.15, 0.2) is 42.6 Å². The van der Waals surface area contributed by atoms with Crippen molar-refractivity contribution in [2.24, 2.45) is 0 Å². The van der Waals surface area contributed by atoms with Crippen molar-refractivity contribution < 1.29 is 14.3 Å². The van der Waals surface area contributed by atoms with Gasteiger partial charge in [0, 0.05) is 37.5 Å². The Bertz CT molecular complexity index is 661. The minimum absolute atomic E-state index is 0.0461. The lowest BCUT2D eigenvalue weighted by atomic mass is 10.2. The average molecular weight is 313 g/mol. The van der Waals surface area contributed by atoms with Crippen molar-refractivity contribution in [3.8, 4) is 11.5 Å².